The maximum Gasteiger partial charge on any atom is 0.407 e. The first-order valence-electron chi connectivity index (χ1n) is 9.08. The van der Waals surface area contributed by atoms with E-state index < -0.39 is 11.7 Å². The summed E-state index contributed by atoms with van der Waals surface area (Å²) in [4.78, 5) is 15.8. The zero-order valence-corrected chi connectivity index (χ0v) is 19.5. The van der Waals surface area contributed by atoms with E-state index in [1.165, 1.54) is 0 Å². The van der Waals surface area contributed by atoms with E-state index >= 15 is 0 Å². The van der Waals surface area contributed by atoms with Crippen LogP contribution in [0.4, 0.5) is 4.79 Å². The molecular formula is C20H33IN4O3. The van der Waals surface area contributed by atoms with Crippen LogP contribution >= 0.6 is 24.0 Å². The fourth-order valence-corrected chi connectivity index (χ4v) is 2.14. The van der Waals surface area contributed by atoms with Crippen molar-refractivity contribution >= 4 is 36.0 Å². The van der Waals surface area contributed by atoms with E-state index in [0.29, 0.717) is 32.2 Å². The van der Waals surface area contributed by atoms with Crippen LogP contribution in [0.15, 0.2) is 41.9 Å². The second-order valence-corrected chi connectivity index (χ2v) is 6.84. The van der Waals surface area contributed by atoms with Gasteiger partial charge in [-0.1, -0.05) is 30.9 Å². The molecule has 0 atom stereocenters. The van der Waals surface area contributed by atoms with Gasteiger partial charge in [0.25, 0.3) is 0 Å². The molecule has 0 aliphatic heterocycles. The summed E-state index contributed by atoms with van der Waals surface area (Å²) in [7, 11) is 1.72. The van der Waals surface area contributed by atoms with Crippen molar-refractivity contribution in [1.29, 1.82) is 0 Å². The van der Waals surface area contributed by atoms with E-state index in [2.05, 4.69) is 27.5 Å². The highest BCUT2D eigenvalue weighted by Crippen LogP contribution is 2.17. The molecule has 28 heavy (non-hydrogen) atoms. The zero-order valence-electron chi connectivity index (χ0n) is 17.2. The Hall–Kier alpha value is -1.97. The molecule has 3 N–H and O–H groups in total. The fraction of sp³-hybridized carbons (Fsp3) is 0.500. The van der Waals surface area contributed by atoms with Crippen LogP contribution in [0.2, 0.25) is 0 Å². The molecule has 0 aliphatic rings. The Morgan fingerprint density at radius 2 is 1.86 bits per heavy atom. The monoisotopic (exact) mass is 504 g/mol. The molecule has 158 valence electrons. The van der Waals surface area contributed by atoms with Gasteiger partial charge in [-0.15, -0.1) is 24.0 Å². The molecule has 7 nitrogen and oxygen atoms in total. The van der Waals surface area contributed by atoms with Gasteiger partial charge in [0.05, 0.1) is 0 Å². The Labute approximate surface area is 185 Å². The highest BCUT2D eigenvalue weighted by molar-refractivity contribution is 14.0. The van der Waals surface area contributed by atoms with Gasteiger partial charge < -0.3 is 25.4 Å². The third-order valence-electron chi connectivity index (χ3n) is 3.31. The summed E-state index contributed by atoms with van der Waals surface area (Å²) in [6.07, 6.45) is 2.07. The van der Waals surface area contributed by atoms with Crippen molar-refractivity contribution in [3.8, 4) is 5.75 Å². The van der Waals surface area contributed by atoms with Crippen LogP contribution in [0.1, 0.15) is 32.8 Å². The normalized spacial score (nSPS) is 11.1. The number of guanidine groups is 1. The highest BCUT2D eigenvalue weighted by atomic mass is 127. The Bertz CT molecular complexity index is 630. The van der Waals surface area contributed by atoms with Crippen LogP contribution in [0.5, 0.6) is 5.75 Å². The smallest absolute Gasteiger partial charge is 0.407 e. The Kier molecular flexibility index (Phi) is 13.1. The van der Waals surface area contributed by atoms with Crippen molar-refractivity contribution < 1.29 is 14.3 Å². The number of hydrogen-bond acceptors (Lipinski definition) is 4. The molecule has 0 heterocycles. The van der Waals surface area contributed by atoms with E-state index in [1.807, 2.05) is 45.0 Å². The zero-order chi connectivity index (χ0) is 20.1. The van der Waals surface area contributed by atoms with Crippen LogP contribution in [0.25, 0.3) is 0 Å². The van der Waals surface area contributed by atoms with Crippen LogP contribution in [-0.4, -0.2) is 44.4 Å². The number of benzene rings is 1. The second-order valence-electron chi connectivity index (χ2n) is 6.84. The Balaban J connectivity index is 0.00000729. The summed E-state index contributed by atoms with van der Waals surface area (Å²) in [6.45, 7) is 11.4. The summed E-state index contributed by atoms with van der Waals surface area (Å²) in [5.74, 6) is 1.51. The molecule has 8 heteroatoms. The van der Waals surface area contributed by atoms with Crippen molar-refractivity contribution in [2.24, 2.45) is 4.99 Å². The Morgan fingerprint density at radius 3 is 2.50 bits per heavy atom. The number of amides is 1. The van der Waals surface area contributed by atoms with Gasteiger partial charge in [-0.25, -0.2) is 4.79 Å². The quantitative estimate of drug-likeness (QED) is 0.158. The number of rotatable bonds is 9. The molecule has 0 bridgehead atoms. The first-order chi connectivity index (χ1) is 12.9. The van der Waals surface area contributed by atoms with E-state index in [1.54, 1.807) is 13.1 Å². The first-order valence-corrected chi connectivity index (χ1v) is 9.08. The van der Waals surface area contributed by atoms with Gasteiger partial charge in [0.1, 0.15) is 18.0 Å². The standard InChI is InChI=1S/C20H32N4O3.HI/c1-6-14-26-17-11-8-7-10-16(17)15-24-18(21-5)22-12-9-13-23-19(25)27-20(2,3)4;/h6-8,10-11H,1,9,12-15H2,2-5H3,(H,23,25)(H2,21,22,24);1H. The van der Waals surface area contributed by atoms with Crippen LogP contribution in [0.3, 0.4) is 0 Å². The Morgan fingerprint density at radius 1 is 1.18 bits per heavy atom. The van der Waals surface area contributed by atoms with Crippen LogP contribution < -0.4 is 20.7 Å². The number of nitrogens with one attached hydrogen (secondary N) is 3. The summed E-state index contributed by atoms with van der Waals surface area (Å²) < 4.78 is 10.8. The third kappa shape index (κ3) is 11.7. The summed E-state index contributed by atoms with van der Waals surface area (Å²) in [5.41, 5.74) is 0.550. The van der Waals surface area contributed by atoms with Crippen LogP contribution in [0, 0.1) is 0 Å². The molecular weight excluding hydrogens is 471 g/mol. The lowest BCUT2D eigenvalue weighted by Crippen LogP contribution is -2.39. The van der Waals surface area contributed by atoms with Crippen molar-refractivity contribution in [1.82, 2.24) is 16.0 Å². The number of aliphatic imine (C=N–C) groups is 1. The topological polar surface area (TPSA) is 84.0 Å². The molecule has 1 amide bonds. The largest absolute Gasteiger partial charge is 0.489 e. The minimum absolute atomic E-state index is 0. The van der Waals surface area contributed by atoms with Crippen LogP contribution in [-0.2, 0) is 11.3 Å². The van der Waals surface area contributed by atoms with Gasteiger partial charge in [0, 0.05) is 32.2 Å². The first kappa shape index (κ1) is 26.0. The number of hydrogen-bond donors (Lipinski definition) is 3. The number of para-hydroxylation sites is 1. The molecule has 1 rings (SSSR count). The molecule has 1 aromatic rings. The maximum absolute atomic E-state index is 11.6. The van der Waals surface area contributed by atoms with Crippen molar-refractivity contribution in [3.63, 3.8) is 0 Å². The minimum atomic E-state index is -0.486. The number of carbonyl (C=O) groups is 1. The lowest BCUT2D eigenvalue weighted by Gasteiger charge is -2.19. The van der Waals surface area contributed by atoms with Crippen molar-refractivity contribution in [2.45, 2.75) is 39.3 Å². The molecule has 0 saturated heterocycles. The number of carbonyl (C=O) groups excluding carboxylic acids is 1. The van der Waals surface area contributed by atoms with Gasteiger partial charge in [-0.05, 0) is 33.3 Å². The van der Waals surface area contributed by atoms with Gasteiger partial charge in [0.2, 0.25) is 0 Å². The van der Waals surface area contributed by atoms with Crippen molar-refractivity contribution in [3.05, 3.63) is 42.5 Å². The maximum atomic E-state index is 11.6. The van der Waals surface area contributed by atoms with E-state index in [0.717, 1.165) is 17.7 Å². The van der Waals surface area contributed by atoms with E-state index in [-0.39, 0.29) is 24.0 Å². The van der Waals surface area contributed by atoms with Gasteiger partial charge >= 0.3 is 6.09 Å². The number of alkyl carbamates (subject to hydrolysis) is 1. The molecule has 0 unspecified atom stereocenters. The van der Waals surface area contributed by atoms with E-state index in [4.69, 9.17) is 9.47 Å². The second kappa shape index (κ2) is 14.1. The average Bonchev–Trinajstić information content (AvgIpc) is 2.61. The molecule has 0 spiro atoms. The number of ether oxygens (including phenoxy) is 2. The van der Waals surface area contributed by atoms with Gasteiger partial charge in [-0.2, -0.15) is 0 Å². The van der Waals surface area contributed by atoms with Crippen molar-refractivity contribution in [2.75, 3.05) is 26.7 Å². The molecule has 0 fully saturated rings. The summed E-state index contributed by atoms with van der Waals surface area (Å²) >= 11 is 0. The predicted octanol–water partition coefficient (Wildman–Crippen LogP) is 3.45. The molecule has 0 saturated carbocycles. The number of halogens is 1. The number of nitrogens with zero attached hydrogens (tertiary/aromatic N) is 1. The third-order valence-corrected chi connectivity index (χ3v) is 3.31. The van der Waals surface area contributed by atoms with E-state index in [9.17, 15) is 4.79 Å². The minimum Gasteiger partial charge on any atom is -0.489 e. The van der Waals surface area contributed by atoms with Gasteiger partial charge in [-0.3, -0.25) is 4.99 Å². The summed E-state index contributed by atoms with van der Waals surface area (Å²) in [6, 6.07) is 7.84. The summed E-state index contributed by atoms with van der Waals surface area (Å²) in [5, 5.41) is 9.20. The average molecular weight is 504 g/mol. The predicted molar refractivity (Wildman–Crippen MR) is 125 cm³/mol. The fourth-order valence-electron chi connectivity index (χ4n) is 2.14. The van der Waals surface area contributed by atoms with Gasteiger partial charge in [0.15, 0.2) is 5.96 Å². The highest BCUT2D eigenvalue weighted by Gasteiger charge is 2.15. The molecule has 0 aromatic heterocycles. The molecule has 1 aromatic carbocycles. The SMILES string of the molecule is C=CCOc1ccccc1CNC(=NC)NCCCNC(=O)OC(C)(C)C.I. The lowest BCUT2D eigenvalue weighted by atomic mass is 10.2. The lowest BCUT2D eigenvalue weighted by molar-refractivity contribution is 0.0527. The molecule has 0 aliphatic carbocycles. The molecule has 0 radical (unpaired) electrons.